The Balaban J connectivity index is 1.50. The molecule has 0 saturated carbocycles. The van der Waals surface area contributed by atoms with E-state index in [-0.39, 0.29) is 12.0 Å². The molecule has 2 aliphatic heterocycles. The molecule has 2 fully saturated rings. The number of rotatable bonds is 4. The molecule has 134 valence electrons. The van der Waals surface area contributed by atoms with Gasteiger partial charge in [0.2, 0.25) is 0 Å². The third kappa shape index (κ3) is 3.81. The first kappa shape index (κ1) is 18.0. The maximum atomic E-state index is 12.7. The van der Waals surface area contributed by atoms with Crippen molar-refractivity contribution in [3.63, 3.8) is 0 Å². The summed E-state index contributed by atoms with van der Waals surface area (Å²) in [6.07, 6.45) is 3.87. The number of halogens is 1. The number of carbonyl (C=O) groups excluding carboxylic acids is 1. The summed E-state index contributed by atoms with van der Waals surface area (Å²) in [5.41, 5.74) is 0.985. The molecular weight excluding hydrogens is 434 g/mol. The number of thioether (sulfide) groups is 1. The lowest BCUT2D eigenvalue weighted by molar-refractivity contribution is -0.123. The summed E-state index contributed by atoms with van der Waals surface area (Å²) >= 11 is 10.1. The molecule has 0 spiro atoms. The van der Waals surface area contributed by atoms with Gasteiger partial charge < -0.3 is 9.15 Å². The molecule has 0 bridgehead atoms. The second kappa shape index (κ2) is 7.68. The van der Waals surface area contributed by atoms with Crippen molar-refractivity contribution in [1.29, 1.82) is 0 Å². The topological polar surface area (TPSA) is 42.7 Å². The number of amides is 1. The summed E-state index contributed by atoms with van der Waals surface area (Å²) < 4.78 is 13.1. The van der Waals surface area contributed by atoms with E-state index in [0.717, 1.165) is 35.2 Å². The molecule has 4 nitrogen and oxygen atoms in total. The van der Waals surface area contributed by atoms with Gasteiger partial charge in [0.1, 0.15) is 15.8 Å². The van der Waals surface area contributed by atoms with Gasteiger partial charge in [-0.05, 0) is 37.1 Å². The quantitative estimate of drug-likeness (QED) is 0.480. The molecule has 1 aromatic heterocycles. The van der Waals surface area contributed by atoms with Crippen molar-refractivity contribution in [3.05, 3.63) is 51.5 Å². The fourth-order valence-corrected chi connectivity index (χ4v) is 4.50. The first-order valence-corrected chi connectivity index (χ1v) is 10.3. The van der Waals surface area contributed by atoms with Gasteiger partial charge in [-0.1, -0.05) is 52.0 Å². The molecular formula is C19H16BrNO3S2. The fraction of sp³-hybridized carbons (Fsp3) is 0.263. The molecule has 2 aromatic rings. The molecule has 4 rings (SSSR count). The van der Waals surface area contributed by atoms with Gasteiger partial charge in [-0.25, -0.2) is 0 Å². The van der Waals surface area contributed by atoms with Crippen LogP contribution in [0.15, 0.2) is 50.2 Å². The third-order valence-electron chi connectivity index (χ3n) is 4.31. The Kier molecular flexibility index (Phi) is 5.31. The van der Waals surface area contributed by atoms with Crippen LogP contribution in [0, 0.1) is 0 Å². The van der Waals surface area contributed by atoms with Crippen molar-refractivity contribution in [2.75, 3.05) is 13.2 Å². The number of carbonyl (C=O) groups is 1. The molecule has 0 N–H and O–H groups in total. The van der Waals surface area contributed by atoms with Crippen molar-refractivity contribution in [1.82, 2.24) is 4.90 Å². The van der Waals surface area contributed by atoms with E-state index in [2.05, 4.69) is 15.9 Å². The van der Waals surface area contributed by atoms with Crippen LogP contribution in [-0.2, 0) is 9.53 Å². The largest absolute Gasteiger partial charge is 0.457 e. The summed E-state index contributed by atoms with van der Waals surface area (Å²) in [7, 11) is 0. The Morgan fingerprint density at radius 2 is 2.08 bits per heavy atom. The van der Waals surface area contributed by atoms with Crippen LogP contribution in [0.1, 0.15) is 18.6 Å². The lowest BCUT2D eigenvalue weighted by Gasteiger charge is -2.18. The Hall–Kier alpha value is -1.41. The van der Waals surface area contributed by atoms with Gasteiger partial charge in [-0.15, -0.1) is 0 Å². The molecule has 3 heterocycles. The van der Waals surface area contributed by atoms with E-state index in [0.29, 0.717) is 21.5 Å². The van der Waals surface area contributed by atoms with Gasteiger partial charge in [0, 0.05) is 22.7 Å². The van der Waals surface area contributed by atoms with E-state index in [1.165, 1.54) is 11.8 Å². The minimum absolute atomic E-state index is 0.0721. The number of hydrogen-bond acceptors (Lipinski definition) is 5. The lowest BCUT2D eigenvalue weighted by atomic mass is 10.2. The molecule has 1 aromatic carbocycles. The predicted octanol–water partition coefficient (Wildman–Crippen LogP) is 5.09. The third-order valence-corrected chi connectivity index (χ3v) is 6.22. The molecule has 0 aliphatic carbocycles. The molecule has 26 heavy (non-hydrogen) atoms. The van der Waals surface area contributed by atoms with Crippen LogP contribution in [-0.4, -0.2) is 34.4 Å². The van der Waals surface area contributed by atoms with Gasteiger partial charge in [-0.2, -0.15) is 0 Å². The summed E-state index contributed by atoms with van der Waals surface area (Å²) in [5, 5.41) is 0. The molecule has 0 unspecified atom stereocenters. The summed E-state index contributed by atoms with van der Waals surface area (Å²) in [6.45, 7) is 1.30. The monoisotopic (exact) mass is 449 g/mol. The van der Waals surface area contributed by atoms with E-state index < -0.39 is 0 Å². The molecule has 2 aliphatic rings. The Labute approximate surface area is 169 Å². The van der Waals surface area contributed by atoms with Crippen molar-refractivity contribution in [3.8, 4) is 11.3 Å². The van der Waals surface area contributed by atoms with E-state index in [1.54, 1.807) is 11.0 Å². The first-order valence-electron chi connectivity index (χ1n) is 8.33. The van der Waals surface area contributed by atoms with Crippen LogP contribution in [0.5, 0.6) is 0 Å². The van der Waals surface area contributed by atoms with Crippen LogP contribution in [0.4, 0.5) is 0 Å². The van der Waals surface area contributed by atoms with E-state index in [4.69, 9.17) is 21.4 Å². The highest BCUT2D eigenvalue weighted by molar-refractivity contribution is 9.10. The number of benzene rings is 1. The fourth-order valence-electron chi connectivity index (χ4n) is 2.98. The molecule has 1 atom stereocenters. The van der Waals surface area contributed by atoms with E-state index in [9.17, 15) is 4.79 Å². The minimum atomic E-state index is -0.0721. The van der Waals surface area contributed by atoms with Crippen molar-refractivity contribution in [2.24, 2.45) is 0 Å². The summed E-state index contributed by atoms with van der Waals surface area (Å²) in [5.74, 6) is 1.33. The van der Waals surface area contributed by atoms with E-state index >= 15 is 0 Å². The van der Waals surface area contributed by atoms with Gasteiger partial charge in [0.05, 0.1) is 17.6 Å². The maximum Gasteiger partial charge on any atom is 0.266 e. The Morgan fingerprint density at radius 1 is 1.27 bits per heavy atom. The van der Waals surface area contributed by atoms with Gasteiger partial charge in [0.25, 0.3) is 5.91 Å². The predicted molar refractivity (Wildman–Crippen MR) is 111 cm³/mol. The zero-order valence-electron chi connectivity index (χ0n) is 13.8. The van der Waals surface area contributed by atoms with Crippen LogP contribution >= 0.6 is 39.9 Å². The SMILES string of the molecule is O=C1/C(=C/c2ccc(-c3ccc(Br)cc3)o2)SC(=S)N1C[C@@H]1CCCO1. The molecule has 1 amide bonds. The highest BCUT2D eigenvalue weighted by atomic mass is 79.9. The second-order valence-corrected chi connectivity index (χ2v) is 8.73. The smallest absolute Gasteiger partial charge is 0.266 e. The Morgan fingerprint density at radius 3 is 2.81 bits per heavy atom. The normalized spacial score (nSPS) is 22.0. The van der Waals surface area contributed by atoms with Crippen molar-refractivity contribution >= 4 is 56.2 Å². The van der Waals surface area contributed by atoms with Gasteiger partial charge in [-0.3, -0.25) is 9.69 Å². The second-order valence-electron chi connectivity index (χ2n) is 6.14. The zero-order chi connectivity index (χ0) is 18.1. The van der Waals surface area contributed by atoms with Gasteiger partial charge in [0.15, 0.2) is 0 Å². The number of hydrogen-bond donors (Lipinski definition) is 0. The molecule has 7 heteroatoms. The zero-order valence-corrected chi connectivity index (χ0v) is 17.0. The van der Waals surface area contributed by atoms with Crippen LogP contribution < -0.4 is 0 Å². The number of ether oxygens (including phenoxy) is 1. The Bertz CT molecular complexity index is 869. The highest BCUT2D eigenvalue weighted by Gasteiger charge is 2.34. The lowest BCUT2D eigenvalue weighted by Crippen LogP contribution is -2.35. The highest BCUT2D eigenvalue weighted by Crippen LogP contribution is 2.34. The first-order chi connectivity index (χ1) is 12.6. The average molecular weight is 450 g/mol. The number of nitrogens with zero attached hydrogens (tertiary/aromatic N) is 1. The number of furan rings is 1. The molecule has 2 saturated heterocycles. The van der Waals surface area contributed by atoms with Gasteiger partial charge >= 0.3 is 0 Å². The number of thiocarbonyl (C=S) groups is 1. The summed E-state index contributed by atoms with van der Waals surface area (Å²) in [6, 6.07) is 11.7. The standard InChI is InChI=1S/C19H16BrNO3S2/c20-13-5-3-12(4-6-13)16-8-7-14(24-16)10-17-18(22)21(19(25)26-17)11-15-2-1-9-23-15/h3-8,10,15H,1-2,9,11H2/b17-10-/t15-/m0/s1. The van der Waals surface area contributed by atoms with Crippen LogP contribution in [0.25, 0.3) is 17.4 Å². The van der Waals surface area contributed by atoms with Crippen LogP contribution in [0.3, 0.4) is 0 Å². The van der Waals surface area contributed by atoms with Crippen molar-refractivity contribution < 1.29 is 13.9 Å². The summed E-state index contributed by atoms with van der Waals surface area (Å²) in [4.78, 5) is 14.9. The minimum Gasteiger partial charge on any atom is -0.457 e. The maximum absolute atomic E-state index is 12.7. The molecule has 0 radical (unpaired) electrons. The average Bonchev–Trinajstić information content (AvgIpc) is 3.35. The van der Waals surface area contributed by atoms with Crippen LogP contribution in [0.2, 0.25) is 0 Å². The van der Waals surface area contributed by atoms with E-state index in [1.807, 2.05) is 36.4 Å². The van der Waals surface area contributed by atoms with Crippen molar-refractivity contribution in [2.45, 2.75) is 18.9 Å².